The van der Waals surface area contributed by atoms with Crippen molar-refractivity contribution in [2.45, 2.75) is 27.2 Å². The third-order valence-electron chi connectivity index (χ3n) is 2.29. The number of hydrogen-bond acceptors (Lipinski definition) is 3. The molecule has 76 valence electrons. The Morgan fingerprint density at radius 3 is 2.31 bits per heavy atom. The standard InChI is InChI=1S/C8H15NO3S/c1-8(2,3)6-4-5-13(11,12)9-7(6)10/h6H,4-5H2,1-3H3,(H,9,10). The van der Waals surface area contributed by atoms with E-state index in [1.54, 1.807) is 0 Å². The van der Waals surface area contributed by atoms with Gasteiger partial charge in [0.1, 0.15) is 0 Å². The SMILES string of the molecule is CC(C)(C)C1CCS(=O)(=O)NC1=O. The van der Waals surface area contributed by atoms with Gasteiger partial charge in [-0.2, -0.15) is 0 Å². The predicted octanol–water partition coefficient (Wildman–Crippen LogP) is 0.498. The average molecular weight is 205 g/mol. The molecule has 1 N–H and O–H groups in total. The lowest BCUT2D eigenvalue weighted by Crippen LogP contribution is -2.47. The Kier molecular flexibility index (Phi) is 2.40. The van der Waals surface area contributed by atoms with Crippen LogP contribution in [-0.4, -0.2) is 20.1 Å². The van der Waals surface area contributed by atoms with E-state index >= 15 is 0 Å². The topological polar surface area (TPSA) is 63.2 Å². The normalized spacial score (nSPS) is 28.2. The highest BCUT2D eigenvalue weighted by Gasteiger charge is 2.37. The Morgan fingerprint density at radius 2 is 1.92 bits per heavy atom. The minimum atomic E-state index is -3.32. The Bertz CT molecular complexity index is 313. The first-order chi connectivity index (χ1) is 5.72. The van der Waals surface area contributed by atoms with Gasteiger partial charge in [0.05, 0.1) is 5.75 Å². The molecule has 0 spiro atoms. The van der Waals surface area contributed by atoms with Gasteiger partial charge in [-0.3, -0.25) is 9.52 Å². The lowest BCUT2D eigenvalue weighted by atomic mass is 9.78. The van der Waals surface area contributed by atoms with Gasteiger partial charge in [0, 0.05) is 5.92 Å². The van der Waals surface area contributed by atoms with E-state index in [1.807, 2.05) is 25.5 Å². The summed E-state index contributed by atoms with van der Waals surface area (Å²) in [5.74, 6) is -0.504. The summed E-state index contributed by atoms with van der Waals surface area (Å²) in [6.45, 7) is 5.82. The number of amides is 1. The fraction of sp³-hybridized carbons (Fsp3) is 0.875. The van der Waals surface area contributed by atoms with Crippen LogP contribution >= 0.6 is 0 Å². The van der Waals surface area contributed by atoms with Gasteiger partial charge in [-0.1, -0.05) is 20.8 Å². The fourth-order valence-electron chi connectivity index (χ4n) is 1.51. The zero-order valence-corrected chi connectivity index (χ0v) is 8.94. The fourth-order valence-corrected chi connectivity index (χ4v) is 2.60. The van der Waals surface area contributed by atoms with E-state index in [0.29, 0.717) is 6.42 Å². The quantitative estimate of drug-likeness (QED) is 0.626. The van der Waals surface area contributed by atoms with Gasteiger partial charge >= 0.3 is 0 Å². The summed E-state index contributed by atoms with van der Waals surface area (Å²) in [5.41, 5.74) is -0.167. The van der Waals surface area contributed by atoms with Crippen molar-refractivity contribution < 1.29 is 13.2 Å². The number of sulfonamides is 1. The summed E-state index contributed by atoms with van der Waals surface area (Å²) in [5, 5.41) is 0. The van der Waals surface area contributed by atoms with Crippen LogP contribution in [-0.2, 0) is 14.8 Å². The number of carbonyl (C=O) groups is 1. The van der Waals surface area contributed by atoms with Gasteiger partial charge in [-0.25, -0.2) is 8.42 Å². The van der Waals surface area contributed by atoms with Crippen LogP contribution < -0.4 is 4.72 Å². The summed E-state index contributed by atoms with van der Waals surface area (Å²) >= 11 is 0. The van der Waals surface area contributed by atoms with Crippen LogP contribution in [0.1, 0.15) is 27.2 Å². The first kappa shape index (κ1) is 10.5. The Balaban J connectivity index is 2.82. The Hall–Kier alpha value is -0.580. The molecule has 1 amide bonds. The number of rotatable bonds is 0. The van der Waals surface area contributed by atoms with Crippen molar-refractivity contribution in [1.82, 2.24) is 4.72 Å². The summed E-state index contributed by atoms with van der Waals surface area (Å²) in [4.78, 5) is 11.4. The molecule has 1 fully saturated rings. The van der Waals surface area contributed by atoms with Crippen molar-refractivity contribution in [2.75, 3.05) is 5.75 Å². The van der Waals surface area contributed by atoms with E-state index in [2.05, 4.69) is 0 Å². The molecule has 1 atom stereocenters. The summed E-state index contributed by atoms with van der Waals surface area (Å²) in [6, 6.07) is 0. The van der Waals surface area contributed by atoms with Gasteiger partial charge in [-0.15, -0.1) is 0 Å². The van der Waals surface area contributed by atoms with E-state index < -0.39 is 10.0 Å². The van der Waals surface area contributed by atoms with Crippen molar-refractivity contribution in [1.29, 1.82) is 0 Å². The van der Waals surface area contributed by atoms with E-state index in [-0.39, 0.29) is 23.0 Å². The summed E-state index contributed by atoms with van der Waals surface area (Å²) < 4.78 is 24.0. The maximum atomic E-state index is 11.4. The van der Waals surface area contributed by atoms with Gasteiger partial charge < -0.3 is 0 Å². The molecular formula is C8H15NO3S. The molecule has 0 radical (unpaired) electrons. The molecule has 1 aliphatic heterocycles. The molecule has 1 rings (SSSR count). The molecule has 0 saturated carbocycles. The molecule has 0 aromatic rings. The molecule has 4 nitrogen and oxygen atoms in total. The third kappa shape index (κ3) is 2.43. The highest BCUT2D eigenvalue weighted by molar-refractivity contribution is 7.90. The smallest absolute Gasteiger partial charge is 0.237 e. The van der Waals surface area contributed by atoms with Crippen molar-refractivity contribution in [2.24, 2.45) is 11.3 Å². The maximum Gasteiger partial charge on any atom is 0.237 e. The second-order valence-electron chi connectivity index (χ2n) is 4.49. The van der Waals surface area contributed by atoms with Crippen molar-refractivity contribution in [3.05, 3.63) is 0 Å². The molecule has 0 aromatic heterocycles. The Morgan fingerprint density at radius 1 is 1.38 bits per heavy atom. The molecular weight excluding hydrogens is 190 g/mol. The van der Waals surface area contributed by atoms with Crippen LogP contribution in [0.5, 0.6) is 0 Å². The van der Waals surface area contributed by atoms with Crippen LogP contribution in [0.2, 0.25) is 0 Å². The molecule has 0 bridgehead atoms. The highest BCUT2D eigenvalue weighted by atomic mass is 32.2. The molecule has 1 heterocycles. The summed E-state index contributed by atoms with van der Waals surface area (Å²) in [7, 11) is -3.32. The highest BCUT2D eigenvalue weighted by Crippen LogP contribution is 2.31. The van der Waals surface area contributed by atoms with Gasteiger partial charge in [0.2, 0.25) is 15.9 Å². The lowest BCUT2D eigenvalue weighted by molar-refractivity contribution is -0.126. The van der Waals surface area contributed by atoms with Gasteiger partial charge in [0.15, 0.2) is 0 Å². The lowest BCUT2D eigenvalue weighted by Gasteiger charge is -2.32. The first-order valence-corrected chi connectivity index (χ1v) is 5.92. The predicted molar refractivity (Wildman–Crippen MR) is 49.5 cm³/mol. The molecule has 5 heteroatoms. The van der Waals surface area contributed by atoms with E-state index in [0.717, 1.165) is 0 Å². The zero-order valence-electron chi connectivity index (χ0n) is 8.12. The number of carbonyl (C=O) groups excluding carboxylic acids is 1. The van der Waals surface area contributed by atoms with E-state index in [1.165, 1.54) is 0 Å². The summed E-state index contributed by atoms with van der Waals surface area (Å²) in [6.07, 6.45) is 0.428. The number of hydrogen-bond donors (Lipinski definition) is 1. The van der Waals surface area contributed by atoms with Gasteiger partial charge in [-0.05, 0) is 11.8 Å². The molecule has 1 aliphatic rings. The van der Waals surface area contributed by atoms with Crippen LogP contribution in [0.4, 0.5) is 0 Å². The molecule has 0 aliphatic carbocycles. The molecule has 1 unspecified atom stereocenters. The maximum absolute atomic E-state index is 11.4. The van der Waals surface area contributed by atoms with Crippen molar-refractivity contribution >= 4 is 15.9 Å². The zero-order chi connectivity index (χ0) is 10.3. The minimum Gasteiger partial charge on any atom is -0.274 e. The van der Waals surface area contributed by atoms with Crippen molar-refractivity contribution in [3.8, 4) is 0 Å². The number of nitrogens with one attached hydrogen (secondary N) is 1. The van der Waals surface area contributed by atoms with Crippen LogP contribution in [0.15, 0.2) is 0 Å². The molecule has 0 aromatic carbocycles. The van der Waals surface area contributed by atoms with Crippen LogP contribution in [0.3, 0.4) is 0 Å². The van der Waals surface area contributed by atoms with E-state index in [4.69, 9.17) is 0 Å². The largest absolute Gasteiger partial charge is 0.274 e. The minimum absolute atomic E-state index is 0.0562. The first-order valence-electron chi connectivity index (χ1n) is 4.27. The van der Waals surface area contributed by atoms with Crippen molar-refractivity contribution in [3.63, 3.8) is 0 Å². The third-order valence-corrected chi connectivity index (χ3v) is 3.58. The second-order valence-corrected chi connectivity index (χ2v) is 6.33. The van der Waals surface area contributed by atoms with Crippen LogP contribution in [0.25, 0.3) is 0 Å². The average Bonchev–Trinajstić information content (AvgIpc) is 1.80. The van der Waals surface area contributed by atoms with E-state index in [9.17, 15) is 13.2 Å². The second kappa shape index (κ2) is 2.97. The monoisotopic (exact) mass is 205 g/mol. The van der Waals surface area contributed by atoms with Crippen LogP contribution in [0, 0.1) is 11.3 Å². The van der Waals surface area contributed by atoms with Gasteiger partial charge in [0.25, 0.3) is 0 Å². The molecule has 1 saturated heterocycles. The Labute approximate surface area is 78.8 Å². The molecule has 13 heavy (non-hydrogen) atoms.